The molecule has 0 unspecified atom stereocenters. The first-order valence-electron chi connectivity index (χ1n) is 10.2. The number of benzene rings is 2. The normalized spacial score (nSPS) is 12.5. The van der Waals surface area contributed by atoms with Gasteiger partial charge in [-0.3, -0.25) is 9.10 Å². The third kappa shape index (κ3) is 7.89. The number of amides is 1. The highest BCUT2D eigenvalue weighted by atomic mass is 32.2. The Bertz CT molecular complexity index is 1010. The molecule has 0 atom stereocenters. The van der Waals surface area contributed by atoms with E-state index in [1.54, 1.807) is 30.0 Å². The van der Waals surface area contributed by atoms with Crippen molar-refractivity contribution in [1.82, 2.24) is 5.32 Å². The van der Waals surface area contributed by atoms with Gasteiger partial charge in [-0.25, -0.2) is 8.42 Å². The minimum absolute atomic E-state index is 0.101. The number of nitrogens with zero attached hydrogens (tertiary/aromatic N) is 1. The van der Waals surface area contributed by atoms with Gasteiger partial charge in [0.25, 0.3) is 5.91 Å². The molecule has 170 valence electrons. The topological polar surface area (TPSA) is 66.5 Å². The van der Waals surface area contributed by atoms with Gasteiger partial charge < -0.3 is 5.32 Å². The molecule has 0 aromatic heterocycles. The van der Waals surface area contributed by atoms with Crippen LogP contribution in [0.3, 0.4) is 0 Å². The molecule has 31 heavy (non-hydrogen) atoms. The molecular weight excluding hydrogens is 428 g/mol. The molecule has 5 nitrogen and oxygen atoms in total. The number of hydrogen-bond acceptors (Lipinski definition) is 4. The molecule has 0 fully saturated rings. The van der Waals surface area contributed by atoms with E-state index in [9.17, 15) is 13.2 Å². The Morgan fingerprint density at radius 3 is 2.16 bits per heavy atom. The summed E-state index contributed by atoms with van der Waals surface area (Å²) in [6.45, 7) is 10.7. The van der Waals surface area contributed by atoms with Crippen LogP contribution in [0.15, 0.2) is 53.4 Å². The predicted molar refractivity (Wildman–Crippen MR) is 131 cm³/mol. The molecule has 2 aromatic rings. The van der Waals surface area contributed by atoms with E-state index in [0.717, 1.165) is 16.9 Å². The van der Waals surface area contributed by atoms with Gasteiger partial charge >= 0.3 is 0 Å². The Labute approximate surface area is 191 Å². The fourth-order valence-corrected chi connectivity index (χ4v) is 5.18. The first-order valence-corrected chi connectivity index (χ1v) is 13.3. The number of carbonyl (C=O) groups is 1. The van der Waals surface area contributed by atoms with Gasteiger partial charge in [0.2, 0.25) is 10.0 Å². The lowest BCUT2D eigenvalue weighted by Gasteiger charge is -2.33. The summed E-state index contributed by atoms with van der Waals surface area (Å²) in [4.78, 5) is 13.7. The van der Waals surface area contributed by atoms with Gasteiger partial charge in [0.05, 0.1) is 18.5 Å². The number of carbonyl (C=O) groups excluding carboxylic acids is 1. The van der Waals surface area contributed by atoms with Crippen LogP contribution in [-0.2, 0) is 16.6 Å². The van der Waals surface area contributed by atoms with Crippen molar-refractivity contribution in [3.63, 3.8) is 0 Å². The van der Waals surface area contributed by atoms with Gasteiger partial charge in [-0.05, 0) is 67.8 Å². The molecule has 2 aromatic carbocycles. The lowest BCUT2D eigenvalue weighted by Crippen LogP contribution is -2.45. The summed E-state index contributed by atoms with van der Waals surface area (Å²) >= 11 is 1.56. The standard InChI is InChI=1S/C24H34N2O3S2/c1-23(2,3)17-24(4,5)25-22(27)19-13-11-18(12-14-19)16-26(31(7,28)29)20-9-8-10-21(15-20)30-6/h8-15H,16-17H2,1-7H3,(H,25,27). The zero-order valence-electron chi connectivity index (χ0n) is 19.5. The molecule has 0 aliphatic rings. The number of thioether (sulfide) groups is 1. The van der Waals surface area contributed by atoms with Gasteiger partial charge in [-0.2, -0.15) is 0 Å². The molecule has 1 N–H and O–H groups in total. The summed E-state index contributed by atoms with van der Waals surface area (Å²) in [5.41, 5.74) is 1.76. The number of anilines is 1. The SMILES string of the molecule is CSc1cccc(N(Cc2ccc(C(=O)NC(C)(C)CC(C)(C)C)cc2)S(C)(=O)=O)c1. The molecule has 7 heteroatoms. The van der Waals surface area contributed by atoms with Gasteiger partial charge in [0.1, 0.15) is 0 Å². The molecule has 0 radical (unpaired) electrons. The van der Waals surface area contributed by atoms with Crippen LogP contribution in [0.2, 0.25) is 0 Å². The Morgan fingerprint density at radius 1 is 1.03 bits per heavy atom. The van der Waals surface area contributed by atoms with Crippen molar-refractivity contribution >= 4 is 33.4 Å². The first-order chi connectivity index (χ1) is 14.2. The van der Waals surface area contributed by atoms with E-state index in [1.807, 2.05) is 50.4 Å². The van der Waals surface area contributed by atoms with Crippen LogP contribution < -0.4 is 9.62 Å². The van der Waals surface area contributed by atoms with Crippen LogP contribution in [0.25, 0.3) is 0 Å². The van der Waals surface area contributed by atoms with Crippen molar-refractivity contribution < 1.29 is 13.2 Å². The number of nitrogens with one attached hydrogen (secondary N) is 1. The van der Waals surface area contributed by atoms with Crippen molar-refractivity contribution in [3.05, 3.63) is 59.7 Å². The van der Waals surface area contributed by atoms with Crippen molar-refractivity contribution in [2.45, 2.75) is 58.0 Å². The molecule has 0 bridgehead atoms. The molecular formula is C24H34N2O3S2. The van der Waals surface area contributed by atoms with E-state index in [-0.39, 0.29) is 23.4 Å². The van der Waals surface area contributed by atoms with Gasteiger partial charge in [-0.1, -0.05) is 39.0 Å². The smallest absolute Gasteiger partial charge is 0.251 e. The molecule has 0 saturated heterocycles. The largest absolute Gasteiger partial charge is 0.347 e. The second-order valence-corrected chi connectivity index (χ2v) is 12.5. The lowest BCUT2D eigenvalue weighted by atomic mass is 9.81. The minimum atomic E-state index is -3.46. The molecule has 0 aliphatic heterocycles. The fourth-order valence-electron chi connectivity index (χ4n) is 3.84. The Morgan fingerprint density at radius 2 is 1.65 bits per heavy atom. The summed E-state index contributed by atoms with van der Waals surface area (Å²) in [7, 11) is -3.46. The second-order valence-electron chi connectivity index (χ2n) is 9.74. The van der Waals surface area contributed by atoms with Crippen LogP contribution in [0.4, 0.5) is 5.69 Å². The maximum Gasteiger partial charge on any atom is 0.251 e. The Hall–Kier alpha value is -1.99. The molecule has 0 aliphatic carbocycles. The van der Waals surface area contributed by atoms with E-state index in [1.165, 1.54) is 10.6 Å². The summed E-state index contributed by atoms with van der Waals surface area (Å²) in [6, 6.07) is 14.6. The van der Waals surface area contributed by atoms with Gasteiger partial charge in [0, 0.05) is 16.0 Å². The third-order valence-electron chi connectivity index (χ3n) is 4.71. The van der Waals surface area contributed by atoms with E-state index in [0.29, 0.717) is 11.3 Å². The predicted octanol–water partition coefficient (Wildman–Crippen LogP) is 5.32. The maximum atomic E-state index is 12.7. The van der Waals surface area contributed by atoms with Crippen LogP contribution in [0.1, 0.15) is 57.0 Å². The van der Waals surface area contributed by atoms with E-state index < -0.39 is 10.0 Å². The molecule has 2 rings (SSSR count). The average Bonchev–Trinajstić information content (AvgIpc) is 2.63. The third-order valence-corrected chi connectivity index (χ3v) is 6.57. The van der Waals surface area contributed by atoms with Crippen LogP contribution in [-0.4, -0.2) is 32.4 Å². The fraction of sp³-hybridized carbons (Fsp3) is 0.458. The average molecular weight is 463 g/mol. The molecule has 1 amide bonds. The molecule has 0 heterocycles. The highest BCUT2D eigenvalue weighted by molar-refractivity contribution is 7.98. The van der Waals surface area contributed by atoms with Crippen molar-refractivity contribution in [1.29, 1.82) is 0 Å². The molecule has 0 saturated carbocycles. The Balaban J connectivity index is 2.18. The monoisotopic (exact) mass is 462 g/mol. The van der Waals surface area contributed by atoms with Crippen LogP contribution in [0, 0.1) is 5.41 Å². The lowest BCUT2D eigenvalue weighted by molar-refractivity contribution is 0.0891. The maximum absolute atomic E-state index is 12.7. The Kier molecular flexibility index (Phi) is 7.87. The van der Waals surface area contributed by atoms with Crippen LogP contribution in [0.5, 0.6) is 0 Å². The zero-order valence-corrected chi connectivity index (χ0v) is 21.2. The first kappa shape index (κ1) is 25.3. The second kappa shape index (κ2) is 9.65. The quantitative estimate of drug-likeness (QED) is 0.539. The summed E-state index contributed by atoms with van der Waals surface area (Å²) < 4.78 is 26.3. The van der Waals surface area contributed by atoms with E-state index in [2.05, 4.69) is 26.1 Å². The van der Waals surface area contributed by atoms with Gasteiger partial charge in [0.15, 0.2) is 0 Å². The van der Waals surface area contributed by atoms with Crippen LogP contribution >= 0.6 is 11.8 Å². The number of sulfonamides is 1. The highest BCUT2D eigenvalue weighted by Gasteiger charge is 2.27. The van der Waals surface area contributed by atoms with Crippen molar-refractivity contribution in [3.8, 4) is 0 Å². The van der Waals surface area contributed by atoms with Crippen molar-refractivity contribution in [2.24, 2.45) is 5.41 Å². The number of hydrogen-bond donors (Lipinski definition) is 1. The van der Waals surface area contributed by atoms with E-state index in [4.69, 9.17) is 0 Å². The van der Waals surface area contributed by atoms with Crippen molar-refractivity contribution in [2.75, 3.05) is 16.8 Å². The summed E-state index contributed by atoms with van der Waals surface area (Å²) in [5, 5.41) is 3.10. The van der Waals surface area contributed by atoms with E-state index >= 15 is 0 Å². The minimum Gasteiger partial charge on any atom is -0.347 e. The molecule has 0 spiro atoms. The van der Waals surface area contributed by atoms with Gasteiger partial charge in [-0.15, -0.1) is 11.8 Å². The highest BCUT2D eigenvalue weighted by Crippen LogP contribution is 2.28. The zero-order chi connectivity index (χ0) is 23.4. The summed E-state index contributed by atoms with van der Waals surface area (Å²) in [6.07, 6.45) is 4.01. The number of rotatable bonds is 8. The summed E-state index contributed by atoms with van der Waals surface area (Å²) in [5.74, 6) is -0.131.